The van der Waals surface area contributed by atoms with Crippen LogP contribution >= 0.6 is 15.9 Å². The number of aromatic nitrogens is 2. The van der Waals surface area contributed by atoms with Gasteiger partial charge in [-0.1, -0.05) is 6.42 Å². The molecule has 0 amide bonds. The molecule has 1 N–H and O–H groups in total. The first-order valence-corrected chi connectivity index (χ1v) is 7.87. The minimum Gasteiger partial charge on any atom is -0.314 e. The highest BCUT2D eigenvalue weighted by Crippen LogP contribution is 2.37. The molecule has 1 aliphatic heterocycles. The Morgan fingerprint density at radius 2 is 2.32 bits per heavy atom. The fraction of sp³-hybridized carbons (Fsp3) is 0.786. The van der Waals surface area contributed by atoms with Gasteiger partial charge in [-0.2, -0.15) is 5.10 Å². The van der Waals surface area contributed by atoms with E-state index >= 15 is 4.39 Å². The van der Waals surface area contributed by atoms with Crippen LogP contribution in [0, 0.1) is 0 Å². The molecule has 2 rings (SSSR count). The van der Waals surface area contributed by atoms with E-state index in [0.717, 1.165) is 17.4 Å². The van der Waals surface area contributed by atoms with Crippen LogP contribution in [0.15, 0.2) is 10.7 Å². The van der Waals surface area contributed by atoms with Crippen molar-refractivity contribution in [2.24, 2.45) is 0 Å². The van der Waals surface area contributed by atoms with Gasteiger partial charge >= 0.3 is 0 Å². The molecule has 5 heteroatoms. The van der Waals surface area contributed by atoms with Crippen LogP contribution < -0.4 is 5.32 Å². The number of piperidine rings is 1. The lowest BCUT2D eigenvalue weighted by Gasteiger charge is -2.31. The first kappa shape index (κ1) is 15.0. The summed E-state index contributed by atoms with van der Waals surface area (Å²) in [5, 5.41) is 7.70. The third kappa shape index (κ3) is 3.37. The van der Waals surface area contributed by atoms with E-state index in [2.05, 4.69) is 26.3 Å². The molecular weight excluding hydrogens is 309 g/mol. The predicted molar refractivity (Wildman–Crippen MR) is 79.0 cm³/mol. The summed E-state index contributed by atoms with van der Waals surface area (Å²) in [7, 11) is 0. The highest BCUT2D eigenvalue weighted by molar-refractivity contribution is 9.10. The molecule has 1 aromatic rings. The lowest BCUT2D eigenvalue weighted by molar-refractivity contribution is 0.131. The number of rotatable bonds is 4. The third-order valence-corrected chi connectivity index (χ3v) is 4.36. The molecule has 19 heavy (non-hydrogen) atoms. The van der Waals surface area contributed by atoms with Crippen molar-refractivity contribution in [2.45, 2.75) is 64.2 Å². The Hall–Kier alpha value is -0.420. The second kappa shape index (κ2) is 5.92. The number of hydrogen-bond acceptors (Lipinski definition) is 2. The Balaban J connectivity index is 2.20. The van der Waals surface area contributed by atoms with Gasteiger partial charge in [-0.3, -0.25) is 4.68 Å². The van der Waals surface area contributed by atoms with E-state index < -0.39 is 5.67 Å². The SMILES string of the molecule is CC(C)n1ncc(Br)c1C(C)(F)CC1CCCCN1. The minimum absolute atomic E-state index is 0.163. The molecule has 0 bridgehead atoms. The Morgan fingerprint density at radius 3 is 2.89 bits per heavy atom. The fourth-order valence-electron chi connectivity index (χ4n) is 2.88. The molecule has 108 valence electrons. The lowest BCUT2D eigenvalue weighted by atomic mass is 9.90. The zero-order valence-electron chi connectivity index (χ0n) is 11.9. The Kier molecular flexibility index (Phi) is 4.66. The molecule has 1 saturated heterocycles. The summed E-state index contributed by atoms with van der Waals surface area (Å²) in [5.41, 5.74) is -0.705. The molecule has 1 fully saturated rings. The molecule has 1 aliphatic rings. The average Bonchev–Trinajstić information content (AvgIpc) is 2.73. The maximum Gasteiger partial charge on any atom is 0.152 e. The summed E-state index contributed by atoms with van der Waals surface area (Å²) in [5.74, 6) is 0. The molecule has 2 unspecified atom stereocenters. The summed E-state index contributed by atoms with van der Waals surface area (Å²) >= 11 is 3.44. The van der Waals surface area contributed by atoms with Crippen LogP contribution in [0.2, 0.25) is 0 Å². The smallest absolute Gasteiger partial charge is 0.152 e. The van der Waals surface area contributed by atoms with E-state index in [4.69, 9.17) is 0 Å². The van der Waals surface area contributed by atoms with Gasteiger partial charge in [0, 0.05) is 18.5 Å². The zero-order chi connectivity index (χ0) is 14.0. The molecule has 0 radical (unpaired) electrons. The van der Waals surface area contributed by atoms with Crippen molar-refractivity contribution in [1.82, 2.24) is 15.1 Å². The number of alkyl halides is 1. The second-order valence-electron chi connectivity index (χ2n) is 5.93. The maximum absolute atomic E-state index is 15.2. The summed E-state index contributed by atoms with van der Waals surface area (Å²) < 4.78 is 17.7. The molecule has 0 aromatic carbocycles. The van der Waals surface area contributed by atoms with Crippen molar-refractivity contribution >= 4 is 15.9 Å². The van der Waals surface area contributed by atoms with Crippen molar-refractivity contribution < 1.29 is 4.39 Å². The van der Waals surface area contributed by atoms with Gasteiger partial charge in [0.1, 0.15) is 0 Å². The van der Waals surface area contributed by atoms with E-state index in [-0.39, 0.29) is 12.1 Å². The Morgan fingerprint density at radius 1 is 1.58 bits per heavy atom. The van der Waals surface area contributed by atoms with Crippen molar-refractivity contribution in [3.05, 3.63) is 16.4 Å². The van der Waals surface area contributed by atoms with Gasteiger partial charge in [0.15, 0.2) is 5.67 Å². The van der Waals surface area contributed by atoms with Crippen LogP contribution in [-0.4, -0.2) is 22.4 Å². The van der Waals surface area contributed by atoms with Gasteiger partial charge in [-0.05, 0) is 56.1 Å². The molecule has 0 spiro atoms. The normalized spacial score (nSPS) is 23.6. The van der Waals surface area contributed by atoms with Crippen molar-refractivity contribution in [1.29, 1.82) is 0 Å². The molecule has 0 aliphatic carbocycles. The van der Waals surface area contributed by atoms with Gasteiger partial charge in [0.25, 0.3) is 0 Å². The van der Waals surface area contributed by atoms with Gasteiger partial charge < -0.3 is 5.32 Å². The first-order chi connectivity index (χ1) is 8.92. The highest BCUT2D eigenvalue weighted by atomic mass is 79.9. The standard InChI is InChI=1S/C14H23BrFN3/c1-10(2)19-13(12(15)9-18-19)14(3,16)8-11-6-4-5-7-17-11/h9-11,17H,4-8H2,1-3H3. The maximum atomic E-state index is 15.2. The summed E-state index contributed by atoms with van der Waals surface area (Å²) in [6.45, 7) is 6.73. The van der Waals surface area contributed by atoms with Crippen LogP contribution in [0.4, 0.5) is 4.39 Å². The molecule has 2 heterocycles. The van der Waals surface area contributed by atoms with Gasteiger partial charge in [-0.25, -0.2) is 4.39 Å². The largest absolute Gasteiger partial charge is 0.314 e. The second-order valence-corrected chi connectivity index (χ2v) is 6.78. The molecule has 0 saturated carbocycles. The van der Waals surface area contributed by atoms with Crippen LogP contribution in [0.1, 0.15) is 58.2 Å². The molecular formula is C14H23BrFN3. The van der Waals surface area contributed by atoms with Crippen LogP contribution in [-0.2, 0) is 5.67 Å². The van der Waals surface area contributed by atoms with Crippen LogP contribution in [0.5, 0.6) is 0 Å². The van der Waals surface area contributed by atoms with Gasteiger partial charge in [0.05, 0.1) is 16.4 Å². The quantitative estimate of drug-likeness (QED) is 0.905. The number of nitrogens with one attached hydrogen (secondary N) is 1. The Bertz CT molecular complexity index is 422. The summed E-state index contributed by atoms with van der Waals surface area (Å²) in [4.78, 5) is 0. The van der Waals surface area contributed by atoms with E-state index in [1.54, 1.807) is 17.8 Å². The zero-order valence-corrected chi connectivity index (χ0v) is 13.5. The van der Waals surface area contributed by atoms with Crippen molar-refractivity contribution in [3.63, 3.8) is 0 Å². The van der Waals surface area contributed by atoms with Crippen molar-refractivity contribution in [2.75, 3.05) is 6.54 Å². The van der Waals surface area contributed by atoms with Gasteiger partial charge in [-0.15, -0.1) is 0 Å². The van der Waals surface area contributed by atoms with E-state index in [0.29, 0.717) is 12.1 Å². The summed E-state index contributed by atoms with van der Waals surface area (Å²) in [6.07, 6.45) is 5.66. The molecule has 2 atom stereocenters. The van der Waals surface area contributed by atoms with Crippen LogP contribution in [0.3, 0.4) is 0 Å². The van der Waals surface area contributed by atoms with Crippen LogP contribution in [0.25, 0.3) is 0 Å². The molecule has 1 aromatic heterocycles. The van der Waals surface area contributed by atoms with E-state index in [1.165, 1.54) is 12.8 Å². The fourth-order valence-corrected chi connectivity index (χ4v) is 3.56. The van der Waals surface area contributed by atoms with Crippen molar-refractivity contribution in [3.8, 4) is 0 Å². The van der Waals surface area contributed by atoms with E-state index in [9.17, 15) is 0 Å². The number of hydrogen-bond donors (Lipinski definition) is 1. The van der Waals surface area contributed by atoms with E-state index in [1.807, 2.05) is 13.8 Å². The highest BCUT2D eigenvalue weighted by Gasteiger charge is 2.36. The number of nitrogens with zero attached hydrogens (tertiary/aromatic N) is 2. The monoisotopic (exact) mass is 331 g/mol. The topological polar surface area (TPSA) is 29.9 Å². The molecule has 3 nitrogen and oxygen atoms in total. The minimum atomic E-state index is -1.37. The summed E-state index contributed by atoms with van der Waals surface area (Å²) in [6, 6.07) is 0.432. The van der Waals surface area contributed by atoms with Gasteiger partial charge in [0.2, 0.25) is 0 Å². The predicted octanol–water partition coefficient (Wildman–Crippen LogP) is 3.94. The average molecular weight is 332 g/mol. The third-order valence-electron chi connectivity index (χ3n) is 3.78. The Labute approximate surface area is 123 Å². The lowest BCUT2D eigenvalue weighted by Crippen LogP contribution is -2.39. The first-order valence-electron chi connectivity index (χ1n) is 7.07. The number of halogens is 2.